The van der Waals surface area contributed by atoms with Gasteiger partial charge in [-0.25, -0.2) is 4.39 Å². The summed E-state index contributed by atoms with van der Waals surface area (Å²) in [5.74, 6) is -1.42. The minimum atomic E-state index is -4.84. The summed E-state index contributed by atoms with van der Waals surface area (Å²) in [6, 6.07) is 1.49. The van der Waals surface area contributed by atoms with Crippen molar-refractivity contribution in [2.75, 3.05) is 0 Å². The molecule has 0 unspecified atom stereocenters. The molecule has 15 heavy (non-hydrogen) atoms. The fourth-order valence-corrected chi connectivity index (χ4v) is 2.27. The second-order valence-electron chi connectivity index (χ2n) is 2.56. The van der Waals surface area contributed by atoms with E-state index in [2.05, 4.69) is 0 Å². The third-order valence-electron chi connectivity index (χ3n) is 1.59. The van der Waals surface area contributed by atoms with E-state index in [1.165, 1.54) is 22.6 Å². The van der Waals surface area contributed by atoms with Crippen LogP contribution >= 0.6 is 34.2 Å². The first-order valence-electron chi connectivity index (χ1n) is 3.50. The number of rotatable bonds is 1. The van der Waals surface area contributed by atoms with E-state index in [1.54, 1.807) is 0 Å². The highest BCUT2D eigenvalue weighted by Gasteiger charge is 2.37. The zero-order valence-corrected chi connectivity index (χ0v) is 9.74. The van der Waals surface area contributed by atoms with Gasteiger partial charge in [0.05, 0.1) is 0 Å². The molecule has 1 rings (SSSR count). The van der Waals surface area contributed by atoms with Crippen LogP contribution in [0.3, 0.4) is 0 Å². The van der Waals surface area contributed by atoms with Crippen molar-refractivity contribution in [2.24, 2.45) is 0 Å². The highest BCUT2D eigenvalue weighted by Crippen LogP contribution is 2.36. The van der Waals surface area contributed by atoms with Crippen LogP contribution in [0.15, 0.2) is 12.1 Å². The van der Waals surface area contributed by atoms with Crippen molar-refractivity contribution in [3.8, 4) is 0 Å². The standard InChI is InChI=1S/C8H2ClF4IO/c9-7(15)3-1-2-4(10)5(6(3)14)8(11,12)13/h1-2H. The fourth-order valence-electron chi connectivity index (χ4n) is 0.964. The van der Waals surface area contributed by atoms with E-state index in [0.29, 0.717) is 6.07 Å². The predicted molar refractivity (Wildman–Crippen MR) is 54.3 cm³/mol. The Kier molecular flexibility index (Phi) is 3.59. The maximum Gasteiger partial charge on any atom is 0.420 e. The molecule has 82 valence electrons. The molecule has 1 aromatic carbocycles. The maximum absolute atomic E-state index is 12.9. The van der Waals surface area contributed by atoms with Crippen molar-refractivity contribution in [1.82, 2.24) is 0 Å². The smallest absolute Gasteiger partial charge is 0.276 e. The van der Waals surface area contributed by atoms with Crippen molar-refractivity contribution in [1.29, 1.82) is 0 Å². The number of carbonyl (C=O) groups is 1. The Morgan fingerprint density at radius 3 is 2.27 bits per heavy atom. The molecular formula is C8H2ClF4IO. The first kappa shape index (κ1) is 12.7. The quantitative estimate of drug-likeness (QED) is 0.426. The van der Waals surface area contributed by atoms with E-state index in [-0.39, 0.29) is 5.56 Å². The molecule has 0 aromatic heterocycles. The average Bonchev–Trinajstić information content (AvgIpc) is 2.00. The zero-order chi connectivity index (χ0) is 11.8. The van der Waals surface area contributed by atoms with Gasteiger partial charge in [0.15, 0.2) is 0 Å². The lowest BCUT2D eigenvalue weighted by molar-refractivity contribution is -0.140. The van der Waals surface area contributed by atoms with Gasteiger partial charge in [0.25, 0.3) is 5.24 Å². The van der Waals surface area contributed by atoms with Crippen LogP contribution in [0.2, 0.25) is 0 Å². The van der Waals surface area contributed by atoms with Crippen LogP contribution in [0.4, 0.5) is 17.6 Å². The Balaban J connectivity index is 3.51. The maximum atomic E-state index is 12.9. The summed E-state index contributed by atoms with van der Waals surface area (Å²) in [4.78, 5) is 10.7. The predicted octanol–water partition coefficient (Wildman–Crippen LogP) is 3.83. The van der Waals surface area contributed by atoms with Gasteiger partial charge in [0.2, 0.25) is 0 Å². The Labute approximate surface area is 101 Å². The minimum Gasteiger partial charge on any atom is -0.276 e. The number of carbonyl (C=O) groups excluding carboxylic acids is 1. The summed E-state index contributed by atoms with van der Waals surface area (Å²) in [7, 11) is 0. The Morgan fingerprint density at radius 1 is 1.33 bits per heavy atom. The SMILES string of the molecule is O=C(Cl)c1ccc(F)c(C(F)(F)F)c1I. The zero-order valence-electron chi connectivity index (χ0n) is 6.83. The van der Waals surface area contributed by atoms with Crippen LogP contribution in [0.1, 0.15) is 15.9 Å². The molecular weight excluding hydrogens is 350 g/mol. The monoisotopic (exact) mass is 352 g/mol. The van der Waals surface area contributed by atoms with Gasteiger partial charge in [0.1, 0.15) is 11.4 Å². The number of alkyl halides is 3. The molecule has 1 aromatic rings. The second kappa shape index (κ2) is 4.25. The molecule has 0 atom stereocenters. The minimum absolute atomic E-state index is 0.356. The first-order chi connectivity index (χ1) is 6.75. The van der Waals surface area contributed by atoms with Gasteiger partial charge in [-0.05, 0) is 46.3 Å². The van der Waals surface area contributed by atoms with Gasteiger partial charge < -0.3 is 0 Å². The van der Waals surface area contributed by atoms with Gasteiger partial charge in [-0.15, -0.1) is 0 Å². The molecule has 0 spiro atoms. The van der Waals surface area contributed by atoms with Crippen LogP contribution in [0.5, 0.6) is 0 Å². The summed E-state index contributed by atoms with van der Waals surface area (Å²) < 4.78 is 49.4. The molecule has 7 heteroatoms. The van der Waals surface area contributed by atoms with E-state index in [0.717, 1.165) is 6.07 Å². The molecule has 0 aliphatic rings. The lowest BCUT2D eigenvalue weighted by Gasteiger charge is -2.11. The Morgan fingerprint density at radius 2 is 1.87 bits per heavy atom. The molecule has 0 N–H and O–H groups in total. The van der Waals surface area contributed by atoms with Gasteiger partial charge in [-0.2, -0.15) is 13.2 Å². The van der Waals surface area contributed by atoms with Crippen LogP contribution in [0.25, 0.3) is 0 Å². The van der Waals surface area contributed by atoms with E-state index in [4.69, 9.17) is 11.6 Å². The molecule has 0 aliphatic carbocycles. The molecule has 0 saturated carbocycles. The molecule has 0 heterocycles. The first-order valence-corrected chi connectivity index (χ1v) is 4.96. The number of hydrogen-bond acceptors (Lipinski definition) is 1. The number of hydrogen-bond donors (Lipinski definition) is 0. The average molecular weight is 352 g/mol. The number of halogens is 6. The third kappa shape index (κ3) is 2.60. The lowest BCUT2D eigenvalue weighted by atomic mass is 10.1. The highest BCUT2D eigenvalue weighted by molar-refractivity contribution is 14.1. The van der Waals surface area contributed by atoms with Crippen molar-refractivity contribution >= 4 is 39.4 Å². The molecule has 0 amide bonds. The summed E-state index contributed by atoms with van der Waals surface area (Å²) in [5.41, 5.74) is -1.82. The summed E-state index contributed by atoms with van der Waals surface area (Å²) in [6.45, 7) is 0. The number of benzene rings is 1. The topological polar surface area (TPSA) is 17.1 Å². The van der Waals surface area contributed by atoms with Crippen LogP contribution < -0.4 is 0 Å². The lowest BCUT2D eigenvalue weighted by Crippen LogP contribution is -2.13. The Hall–Kier alpha value is -0.370. The summed E-state index contributed by atoms with van der Waals surface area (Å²) >= 11 is 6.29. The molecule has 0 bridgehead atoms. The van der Waals surface area contributed by atoms with Gasteiger partial charge >= 0.3 is 6.18 Å². The van der Waals surface area contributed by atoms with Crippen molar-refractivity contribution < 1.29 is 22.4 Å². The largest absolute Gasteiger partial charge is 0.420 e. The van der Waals surface area contributed by atoms with Crippen molar-refractivity contribution in [3.63, 3.8) is 0 Å². The molecule has 1 nitrogen and oxygen atoms in total. The van der Waals surface area contributed by atoms with Crippen LogP contribution in [-0.2, 0) is 6.18 Å². The highest BCUT2D eigenvalue weighted by atomic mass is 127. The summed E-state index contributed by atoms with van der Waals surface area (Å²) in [6.07, 6.45) is -4.84. The third-order valence-corrected chi connectivity index (χ3v) is 2.91. The van der Waals surface area contributed by atoms with Gasteiger partial charge in [0, 0.05) is 9.13 Å². The van der Waals surface area contributed by atoms with E-state index < -0.39 is 26.4 Å². The molecule has 0 saturated heterocycles. The normalized spacial score (nSPS) is 11.6. The van der Waals surface area contributed by atoms with E-state index in [1.807, 2.05) is 0 Å². The fraction of sp³-hybridized carbons (Fsp3) is 0.125. The van der Waals surface area contributed by atoms with Gasteiger partial charge in [-0.3, -0.25) is 4.79 Å². The second-order valence-corrected chi connectivity index (χ2v) is 3.98. The van der Waals surface area contributed by atoms with E-state index in [9.17, 15) is 22.4 Å². The van der Waals surface area contributed by atoms with Crippen LogP contribution in [-0.4, -0.2) is 5.24 Å². The van der Waals surface area contributed by atoms with Crippen molar-refractivity contribution in [3.05, 3.63) is 32.6 Å². The van der Waals surface area contributed by atoms with E-state index >= 15 is 0 Å². The van der Waals surface area contributed by atoms with Crippen molar-refractivity contribution in [2.45, 2.75) is 6.18 Å². The molecule has 0 radical (unpaired) electrons. The van der Waals surface area contributed by atoms with Crippen LogP contribution in [0, 0.1) is 9.39 Å². The summed E-state index contributed by atoms with van der Waals surface area (Å²) in [5, 5.41) is -1.05. The molecule has 0 aliphatic heterocycles. The molecule has 0 fully saturated rings. The Bertz CT molecular complexity index is 416. The van der Waals surface area contributed by atoms with Gasteiger partial charge in [-0.1, -0.05) is 0 Å².